The third-order valence-electron chi connectivity index (χ3n) is 4.12. The van der Waals surface area contributed by atoms with Gasteiger partial charge in [0.15, 0.2) is 0 Å². The van der Waals surface area contributed by atoms with Crippen LogP contribution in [0.25, 0.3) is 10.2 Å². The SMILES string of the molecule is CCc1cccc(NC(=O)c2c(C)sc3c(C)c(C)[nH]c23)c1. The van der Waals surface area contributed by atoms with Gasteiger partial charge in [-0.3, -0.25) is 4.79 Å². The number of fused-ring (bicyclic) bond motifs is 1. The number of rotatable bonds is 3. The molecule has 22 heavy (non-hydrogen) atoms. The molecule has 4 heteroatoms. The fourth-order valence-corrected chi connectivity index (χ4v) is 3.88. The van der Waals surface area contributed by atoms with Gasteiger partial charge in [0, 0.05) is 16.3 Å². The van der Waals surface area contributed by atoms with Crippen LogP contribution in [0.5, 0.6) is 0 Å². The van der Waals surface area contributed by atoms with Crippen molar-refractivity contribution >= 4 is 33.1 Å². The highest BCUT2D eigenvalue weighted by molar-refractivity contribution is 7.19. The van der Waals surface area contributed by atoms with Crippen LogP contribution < -0.4 is 5.32 Å². The lowest BCUT2D eigenvalue weighted by atomic mass is 10.1. The van der Waals surface area contributed by atoms with Crippen molar-refractivity contribution in [2.75, 3.05) is 5.32 Å². The molecule has 0 unspecified atom stereocenters. The molecule has 0 aliphatic heterocycles. The first-order chi connectivity index (χ1) is 10.5. The number of benzene rings is 1. The summed E-state index contributed by atoms with van der Waals surface area (Å²) < 4.78 is 1.18. The van der Waals surface area contributed by atoms with Gasteiger partial charge >= 0.3 is 0 Å². The van der Waals surface area contributed by atoms with Crippen molar-refractivity contribution < 1.29 is 4.79 Å². The third-order valence-corrected chi connectivity index (χ3v) is 5.34. The minimum atomic E-state index is -0.0433. The zero-order valence-electron chi connectivity index (χ0n) is 13.3. The van der Waals surface area contributed by atoms with Crippen molar-refractivity contribution in [2.45, 2.75) is 34.1 Å². The fraction of sp³-hybridized carbons (Fsp3) is 0.278. The normalized spacial score (nSPS) is 11.1. The van der Waals surface area contributed by atoms with Gasteiger partial charge < -0.3 is 10.3 Å². The molecule has 1 amide bonds. The molecule has 3 nitrogen and oxygen atoms in total. The molecule has 3 rings (SSSR count). The maximum Gasteiger partial charge on any atom is 0.258 e. The van der Waals surface area contributed by atoms with Gasteiger partial charge in [-0.1, -0.05) is 19.1 Å². The van der Waals surface area contributed by atoms with Crippen LogP contribution in [-0.4, -0.2) is 10.9 Å². The monoisotopic (exact) mass is 312 g/mol. The molecule has 1 aromatic carbocycles. The maximum atomic E-state index is 12.7. The topological polar surface area (TPSA) is 44.9 Å². The molecule has 114 valence electrons. The van der Waals surface area contributed by atoms with Crippen molar-refractivity contribution in [2.24, 2.45) is 0 Å². The largest absolute Gasteiger partial charge is 0.357 e. The molecule has 2 N–H and O–H groups in total. The van der Waals surface area contributed by atoms with Crippen LogP contribution in [0.4, 0.5) is 5.69 Å². The van der Waals surface area contributed by atoms with Crippen molar-refractivity contribution in [3.8, 4) is 0 Å². The Balaban J connectivity index is 1.98. The van der Waals surface area contributed by atoms with Crippen LogP contribution in [-0.2, 0) is 6.42 Å². The number of H-pyrrole nitrogens is 1. The number of aryl methyl sites for hydroxylation is 4. The molecule has 0 saturated heterocycles. The van der Waals surface area contributed by atoms with Gasteiger partial charge in [-0.2, -0.15) is 0 Å². The Kier molecular flexibility index (Phi) is 3.79. The number of thiophene rings is 1. The summed E-state index contributed by atoms with van der Waals surface area (Å²) in [5.41, 5.74) is 6.15. The number of aromatic nitrogens is 1. The van der Waals surface area contributed by atoms with E-state index < -0.39 is 0 Å². The second kappa shape index (κ2) is 5.61. The average molecular weight is 312 g/mol. The van der Waals surface area contributed by atoms with E-state index in [2.05, 4.69) is 30.2 Å². The Labute approximate surface area is 134 Å². The van der Waals surface area contributed by atoms with Crippen LogP contribution in [0.1, 0.15) is 39.0 Å². The van der Waals surface area contributed by atoms with E-state index in [0.717, 1.165) is 33.8 Å². The number of carbonyl (C=O) groups is 1. The molecule has 0 radical (unpaired) electrons. The minimum absolute atomic E-state index is 0.0433. The maximum absolute atomic E-state index is 12.7. The highest BCUT2D eigenvalue weighted by Crippen LogP contribution is 2.34. The van der Waals surface area contributed by atoms with Crippen LogP contribution in [0.2, 0.25) is 0 Å². The Morgan fingerprint density at radius 1 is 1.27 bits per heavy atom. The van der Waals surface area contributed by atoms with Crippen molar-refractivity contribution in [1.82, 2.24) is 4.98 Å². The quantitative estimate of drug-likeness (QED) is 0.704. The lowest BCUT2D eigenvalue weighted by Gasteiger charge is -2.07. The van der Waals surface area contributed by atoms with E-state index in [0.29, 0.717) is 0 Å². The lowest BCUT2D eigenvalue weighted by Crippen LogP contribution is -2.12. The highest BCUT2D eigenvalue weighted by atomic mass is 32.1. The Morgan fingerprint density at radius 3 is 2.77 bits per heavy atom. The summed E-state index contributed by atoms with van der Waals surface area (Å²) in [6, 6.07) is 8.01. The number of aromatic amines is 1. The summed E-state index contributed by atoms with van der Waals surface area (Å²) >= 11 is 1.68. The highest BCUT2D eigenvalue weighted by Gasteiger charge is 2.20. The number of hydrogen-bond acceptors (Lipinski definition) is 2. The summed E-state index contributed by atoms with van der Waals surface area (Å²) in [4.78, 5) is 17.1. The van der Waals surface area contributed by atoms with E-state index in [1.807, 2.05) is 32.0 Å². The number of carbonyl (C=O) groups excluding carboxylic acids is 1. The molecule has 0 aliphatic carbocycles. The fourth-order valence-electron chi connectivity index (χ4n) is 2.72. The Morgan fingerprint density at radius 2 is 2.05 bits per heavy atom. The average Bonchev–Trinajstić information content (AvgIpc) is 2.95. The van der Waals surface area contributed by atoms with Crippen LogP contribution in [0.3, 0.4) is 0 Å². The van der Waals surface area contributed by atoms with E-state index in [1.54, 1.807) is 11.3 Å². The molecule has 0 fully saturated rings. The Hall–Kier alpha value is -2.07. The van der Waals surface area contributed by atoms with Gasteiger partial charge in [0.1, 0.15) is 0 Å². The summed E-state index contributed by atoms with van der Waals surface area (Å²) in [6.45, 7) is 8.25. The van der Waals surface area contributed by atoms with Gasteiger partial charge in [0.05, 0.1) is 15.8 Å². The van der Waals surface area contributed by atoms with Gasteiger partial charge in [0.2, 0.25) is 0 Å². The Bertz CT molecular complexity index is 857. The second-order valence-electron chi connectivity index (χ2n) is 5.62. The van der Waals surface area contributed by atoms with E-state index in [-0.39, 0.29) is 5.91 Å². The predicted octanol–water partition coefficient (Wildman–Crippen LogP) is 4.97. The molecule has 0 bridgehead atoms. The van der Waals surface area contributed by atoms with Gasteiger partial charge in [-0.15, -0.1) is 11.3 Å². The second-order valence-corrected chi connectivity index (χ2v) is 6.85. The molecule has 2 heterocycles. The smallest absolute Gasteiger partial charge is 0.258 e. The molecular weight excluding hydrogens is 292 g/mol. The summed E-state index contributed by atoms with van der Waals surface area (Å²) in [5.74, 6) is -0.0433. The van der Waals surface area contributed by atoms with E-state index >= 15 is 0 Å². The van der Waals surface area contributed by atoms with Crippen molar-refractivity contribution in [3.05, 3.63) is 51.5 Å². The van der Waals surface area contributed by atoms with Crippen LogP contribution in [0.15, 0.2) is 24.3 Å². The van der Waals surface area contributed by atoms with E-state index in [4.69, 9.17) is 0 Å². The standard InChI is InChI=1S/C18H20N2OS/c1-5-13-7-6-8-14(9-13)20-18(21)15-12(4)22-17-10(2)11(3)19-16(15)17/h6-9,19H,5H2,1-4H3,(H,20,21). The van der Waals surface area contributed by atoms with Crippen LogP contribution in [0, 0.1) is 20.8 Å². The van der Waals surface area contributed by atoms with Crippen molar-refractivity contribution in [3.63, 3.8) is 0 Å². The lowest BCUT2D eigenvalue weighted by molar-refractivity contribution is 0.102. The van der Waals surface area contributed by atoms with Gasteiger partial charge in [-0.05, 0) is 50.5 Å². The van der Waals surface area contributed by atoms with E-state index in [1.165, 1.54) is 15.8 Å². The van der Waals surface area contributed by atoms with Crippen LogP contribution >= 0.6 is 11.3 Å². The zero-order valence-corrected chi connectivity index (χ0v) is 14.1. The number of hydrogen-bond donors (Lipinski definition) is 2. The van der Waals surface area contributed by atoms with Gasteiger partial charge in [0.25, 0.3) is 5.91 Å². The third kappa shape index (κ3) is 2.44. The first-order valence-corrected chi connectivity index (χ1v) is 8.31. The number of nitrogens with one attached hydrogen (secondary N) is 2. The van der Waals surface area contributed by atoms with Gasteiger partial charge in [-0.25, -0.2) is 0 Å². The summed E-state index contributed by atoms with van der Waals surface area (Å²) in [7, 11) is 0. The number of anilines is 1. The molecular formula is C18H20N2OS. The van der Waals surface area contributed by atoms with E-state index in [9.17, 15) is 4.79 Å². The molecule has 0 atom stereocenters. The summed E-state index contributed by atoms with van der Waals surface area (Å²) in [5, 5.41) is 3.03. The molecule has 3 aromatic rings. The predicted molar refractivity (Wildman–Crippen MR) is 94.2 cm³/mol. The zero-order chi connectivity index (χ0) is 15.9. The molecule has 0 saturated carbocycles. The molecule has 2 aromatic heterocycles. The first-order valence-electron chi connectivity index (χ1n) is 7.49. The summed E-state index contributed by atoms with van der Waals surface area (Å²) in [6.07, 6.45) is 0.959. The minimum Gasteiger partial charge on any atom is -0.357 e. The van der Waals surface area contributed by atoms with Crippen molar-refractivity contribution in [1.29, 1.82) is 0 Å². The number of amides is 1. The molecule has 0 spiro atoms. The molecule has 0 aliphatic rings. The first kappa shape index (κ1) is 14.9.